The number of carbonyl (C=O) groups is 1. The summed E-state index contributed by atoms with van der Waals surface area (Å²) in [4.78, 5) is 13.3. The molecule has 1 aliphatic rings. The third kappa shape index (κ3) is 4.36. The third-order valence-electron chi connectivity index (χ3n) is 5.25. The molecule has 0 N–H and O–H groups in total. The zero-order chi connectivity index (χ0) is 21.8. The van der Waals surface area contributed by atoms with E-state index in [9.17, 15) is 13.6 Å². The molecule has 0 unspecified atom stereocenters. The zero-order valence-electron chi connectivity index (χ0n) is 17.0. The SMILES string of the molecule is CCOC(=O)[C@]1(Cc2ccccc2)O[C@H](c2ccc(F)cc2)O[C@@H]1c1ccc(F)cc1. The van der Waals surface area contributed by atoms with Crippen molar-refractivity contribution in [1.29, 1.82) is 0 Å². The van der Waals surface area contributed by atoms with Gasteiger partial charge in [0.15, 0.2) is 6.29 Å². The highest BCUT2D eigenvalue weighted by molar-refractivity contribution is 5.82. The number of carbonyl (C=O) groups excluding carboxylic acids is 1. The summed E-state index contributed by atoms with van der Waals surface area (Å²) in [6.07, 6.45) is -1.60. The van der Waals surface area contributed by atoms with Crippen LogP contribution in [0.4, 0.5) is 8.78 Å². The Bertz CT molecular complexity index is 1020. The number of rotatable bonds is 6. The summed E-state index contributed by atoms with van der Waals surface area (Å²) in [5.41, 5.74) is 0.489. The van der Waals surface area contributed by atoms with Crippen molar-refractivity contribution in [3.05, 3.63) is 107 Å². The molecule has 1 aliphatic heterocycles. The minimum absolute atomic E-state index is 0.163. The highest BCUT2D eigenvalue weighted by atomic mass is 19.1. The van der Waals surface area contributed by atoms with Crippen LogP contribution in [0.5, 0.6) is 0 Å². The summed E-state index contributed by atoms with van der Waals surface area (Å²) < 4.78 is 44.9. The van der Waals surface area contributed by atoms with E-state index in [2.05, 4.69) is 0 Å². The van der Waals surface area contributed by atoms with Crippen molar-refractivity contribution in [2.45, 2.75) is 31.3 Å². The highest BCUT2D eigenvalue weighted by Gasteiger charge is 2.57. The summed E-state index contributed by atoms with van der Waals surface area (Å²) in [6, 6.07) is 20.8. The Balaban J connectivity index is 1.80. The van der Waals surface area contributed by atoms with E-state index in [-0.39, 0.29) is 13.0 Å². The van der Waals surface area contributed by atoms with Gasteiger partial charge in [0.1, 0.15) is 17.7 Å². The van der Waals surface area contributed by atoms with Gasteiger partial charge < -0.3 is 14.2 Å². The van der Waals surface area contributed by atoms with Gasteiger partial charge in [-0.25, -0.2) is 13.6 Å². The van der Waals surface area contributed by atoms with E-state index in [1.54, 1.807) is 31.2 Å². The molecular weight excluding hydrogens is 402 g/mol. The quantitative estimate of drug-likeness (QED) is 0.504. The first-order valence-electron chi connectivity index (χ1n) is 10.1. The van der Waals surface area contributed by atoms with E-state index < -0.39 is 35.6 Å². The second-order valence-electron chi connectivity index (χ2n) is 7.34. The van der Waals surface area contributed by atoms with Gasteiger partial charge in [-0.1, -0.05) is 54.6 Å². The minimum Gasteiger partial charge on any atom is -0.464 e. The van der Waals surface area contributed by atoms with Crippen LogP contribution in [0.25, 0.3) is 0 Å². The van der Waals surface area contributed by atoms with Crippen molar-refractivity contribution < 1.29 is 27.8 Å². The molecule has 6 heteroatoms. The van der Waals surface area contributed by atoms with E-state index >= 15 is 0 Å². The molecule has 0 radical (unpaired) electrons. The van der Waals surface area contributed by atoms with Gasteiger partial charge >= 0.3 is 5.97 Å². The van der Waals surface area contributed by atoms with Gasteiger partial charge in [0.25, 0.3) is 0 Å². The fraction of sp³-hybridized carbons (Fsp3) is 0.240. The smallest absolute Gasteiger partial charge is 0.342 e. The van der Waals surface area contributed by atoms with Gasteiger partial charge in [0, 0.05) is 12.0 Å². The van der Waals surface area contributed by atoms with Crippen molar-refractivity contribution >= 4 is 5.97 Å². The predicted molar refractivity (Wildman–Crippen MR) is 110 cm³/mol. The molecule has 31 heavy (non-hydrogen) atoms. The monoisotopic (exact) mass is 424 g/mol. The normalized spacial score (nSPS) is 22.9. The Morgan fingerprint density at radius 2 is 1.48 bits per heavy atom. The number of ether oxygens (including phenoxy) is 3. The molecule has 3 atom stereocenters. The maximum absolute atomic E-state index is 13.6. The fourth-order valence-electron chi connectivity index (χ4n) is 3.78. The molecule has 0 aliphatic carbocycles. The number of esters is 1. The zero-order valence-corrected chi connectivity index (χ0v) is 17.0. The molecule has 160 valence electrons. The standard InChI is InChI=1S/C25H22F2O4/c1-2-29-24(28)25(16-17-6-4-3-5-7-17)22(18-8-12-20(26)13-9-18)30-23(31-25)19-10-14-21(27)15-11-19/h3-15,22-23H,2,16H2,1H3/t22-,23-,25-/m1/s1. The lowest BCUT2D eigenvalue weighted by atomic mass is 9.85. The predicted octanol–water partition coefficient (Wildman–Crippen LogP) is 5.30. The summed E-state index contributed by atoms with van der Waals surface area (Å²) in [5, 5.41) is 0. The molecule has 0 amide bonds. The Morgan fingerprint density at radius 3 is 2.06 bits per heavy atom. The molecule has 1 heterocycles. The molecule has 3 aromatic carbocycles. The second kappa shape index (κ2) is 8.96. The summed E-state index contributed by atoms with van der Waals surface area (Å²) in [6.45, 7) is 1.88. The van der Waals surface area contributed by atoms with Gasteiger partial charge in [-0.15, -0.1) is 0 Å². The van der Waals surface area contributed by atoms with E-state index in [4.69, 9.17) is 14.2 Å². The van der Waals surface area contributed by atoms with Crippen LogP contribution < -0.4 is 0 Å². The molecule has 4 rings (SSSR count). The van der Waals surface area contributed by atoms with Gasteiger partial charge in [0.05, 0.1) is 6.61 Å². The lowest BCUT2D eigenvalue weighted by Gasteiger charge is -2.30. The number of benzene rings is 3. The first-order chi connectivity index (χ1) is 15.0. The Morgan fingerprint density at radius 1 is 0.903 bits per heavy atom. The van der Waals surface area contributed by atoms with Crippen molar-refractivity contribution in [3.63, 3.8) is 0 Å². The average molecular weight is 424 g/mol. The molecule has 1 saturated heterocycles. The van der Waals surface area contributed by atoms with E-state index in [1.807, 2.05) is 30.3 Å². The van der Waals surface area contributed by atoms with E-state index in [0.717, 1.165) is 5.56 Å². The van der Waals surface area contributed by atoms with Crippen molar-refractivity contribution in [3.8, 4) is 0 Å². The number of halogens is 2. The first kappa shape index (κ1) is 21.2. The Hall–Kier alpha value is -3.09. The number of hydrogen-bond donors (Lipinski definition) is 0. The first-order valence-corrected chi connectivity index (χ1v) is 10.1. The van der Waals surface area contributed by atoms with Gasteiger partial charge in [0.2, 0.25) is 5.60 Å². The lowest BCUT2D eigenvalue weighted by Crippen LogP contribution is -2.46. The molecular formula is C25H22F2O4. The van der Waals surface area contributed by atoms with Crippen LogP contribution in [0.3, 0.4) is 0 Å². The summed E-state index contributed by atoms with van der Waals surface area (Å²) in [7, 11) is 0. The fourth-order valence-corrected chi connectivity index (χ4v) is 3.78. The van der Waals surface area contributed by atoms with Gasteiger partial charge in [-0.2, -0.15) is 0 Å². The summed E-state index contributed by atoms with van der Waals surface area (Å²) >= 11 is 0. The molecule has 1 fully saturated rings. The van der Waals surface area contributed by atoms with Crippen LogP contribution in [0.2, 0.25) is 0 Å². The molecule has 0 bridgehead atoms. The Labute approximate surface area is 179 Å². The van der Waals surface area contributed by atoms with Crippen LogP contribution in [-0.4, -0.2) is 18.2 Å². The van der Waals surface area contributed by atoms with E-state index in [0.29, 0.717) is 11.1 Å². The van der Waals surface area contributed by atoms with Crippen LogP contribution in [0.1, 0.15) is 36.0 Å². The van der Waals surface area contributed by atoms with Crippen molar-refractivity contribution in [2.24, 2.45) is 0 Å². The maximum Gasteiger partial charge on any atom is 0.342 e. The van der Waals surface area contributed by atoms with Crippen LogP contribution in [0.15, 0.2) is 78.9 Å². The van der Waals surface area contributed by atoms with Crippen molar-refractivity contribution in [1.82, 2.24) is 0 Å². The van der Waals surface area contributed by atoms with E-state index in [1.165, 1.54) is 24.3 Å². The summed E-state index contributed by atoms with van der Waals surface area (Å²) in [5.74, 6) is -1.36. The maximum atomic E-state index is 13.6. The average Bonchev–Trinajstić information content (AvgIpc) is 3.16. The molecule has 3 aromatic rings. The molecule has 0 spiro atoms. The topological polar surface area (TPSA) is 44.8 Å². The van der Waals surface area contributed by atoms with Crippen LogP contribution >= 0.6 is 0 Å². The minimum atomic E-state index is -1.51. The molecule has 0 aromatic heterocycles. The lowest BCUT2D eigenvalue weighted by molar-refractivity contribution is -0.173. The molecule has 0 saturated carbocycles. The largest absolute Gasteiger partial charge is 0.464 e. The second-order valence-corrected chi connectivity index (χ2v) is 7.34. The van der Waals surface area contributed by atoms with Crippen LogP contribution in [0, 0.1) is 11.6 Å². The highest BCUT2D eigenvalue weighted by Crippen LogP contribution is 2.49. The third-order valence-corrected chi connectivity index (χ3v) is 5.25. The number of hydrogen-bond acceptors (Lipinski definition) is 4. The van der Waals surface area contributed by atoms with Gasteiger partial charge in [-0.05, 0) is 42.3 Å². The Kier molecular flexibility index (Phi) is 6.11. The van der Waals surface area contributed by atoms with Crippen molar-refractivity contribution in [2.75, 3.05) is 6.61 Å². The van der Waals surface area contributed by atoms with Gasteiger partial charge in [-0.3, -0.25) is 0 Å². The van der Waals surface area contributed by atoms with Crippen LogP contribution in [-0.2, 0) is 25.4 Å². The molecule has 4 nitrogen and oxygen atoms in total.